The molecule has 0 amide bonds. The predicted molar refractivity (Wildman–Crippen MR) is 64.8 cm³/mol. The molecule has 0 bridgehead atoms. The molecule has 0 aliphatic carbocycles. The fourth-order valence-corrected chi connectivity index (χ4v) is 3.34. The van der Waals surface area contributed by atoms with Crippen molar-refractivity contribution in [2.24, 2.45) is 0 Å². The zero-order valence-corrected chi connectivity index (χ0v) is 10.7. The molecular formula is C10H15BrN2S. The van der Waals surface area contributed by atoms with Gasteiger partial charge in [0.25, 0.3) is 0 Å². The van der Waals surface area contributed by atoms with Gasteiger partial charge in [-0.3, -0.25) is 4.90 Å². The first-order chi connectivity index (χ1) is 6.74. The molecule has 1 atom stereocenters. The van der Waals surface area contributed by atoms with Gasteiger partial charge in [0, 0.05) is 37.1 Å². The average molecular weight is 275 g/mol. The zero-order chi connectivity index (χ0) is 9.97. The van der Waals surface area contributed by atoms with Gasteiger partial charge in [-0.15, -0.1) is 11.3 Å². The highest BCUT2D eigenvalue weighted by molar-refractivity contribution is 9.11. The molecule has 0 aromatic carbocycles. The van der Waals surface area contributed by atoms with Crippen molar-refractivity contribution in [2.75, 3.05) is 19.6 Å². The van der Waals surface area contributed by atoms with E-state index in [0.29, 0.717) is 6.04 Å². The Labute approximate surface area is 97.4 Å². The minimum absolute atomic E-state index is 0.632. The minimum Gasteiger partial charge on any atom is -0.312 e. The molecule has 2 rings (SSSR count). The van der Waals surface area contributed by atoms with Crippen molar-refractivity contribution in [3.63, 3.8) is 0 Å². The van der Waals surface area contributed by atoms with Gasteiger partial charge >= 0.3 is 0 Å². The second-order valence-electron chi connectivity index (χ2n) is 3.80. The molecule has 1 aliphatic rings. The van der Waals surface area contributed by atoms with Crippen molar-refractivity contribution < 1.29 is 0 Å². The molecule has 1 aliphatic heterocycles. The summed E-state index contributed by atoms with van der Waals surface area (Å²) in [5.74, 6) is 0. The largest absolute Gasteiger partial charge is 0.312 e. The first-order valence-electron chi connectivity index (χ1n) is 4.94. The molecule has 1 unspecified atom stereocenters. The monoisotopic (exact) mass is 274 g/mol. The lowest BCUT2D eigenvalue weighted by Gasteiger charge is -2.31. The van der Waals surface area contributed by atoms with Crippen LogP contribution in [0.25, 0.3) is 0 Å². The number of hydrogen-bond donors (Lipinski definition) is 1. The summed E-state index contributed by atoms with van der Waals surface area (Å²) in [6.45, 7) is 6.79. The third kappa shape index (κ3) is 2.79. The summed E-state index contributed by atoms with van der Waals surface area (Å²) in [5.41, 5.74) is 0. The van der Waals surface area contributed by atoms with Crippen LogP contribution < -0.4 is 5.32 Å². The van der Waals surface area contributed by atoms with Crippen LogP contribution in [0.4, 0.5) is 0 Å². The van der Waals surface area contributed by atoms with E-state index in [0.717, 1.165) is 19.6 Å². The van der Waals surface area contributed by atoms with Gasteiger partial charge in [0.1, 0.15) is 0 Å². The van der Waals surface area contributed by atoms with Crippen LogP contribution in [-0.4, -0.2) is 30.6 Å². The van der Waals surface area contributed by atoms with Crippen molar-refractivity contribution in [2.45, 2.75) is 19.5 Å². The van der Waals surface area contributed by atoms with E-state index in [4.69, 9.17) is 0 Å². The Morgan fingerprint density at radius 1 is 1.64 bits per heavy atom. The third-order valence-electron chi connectivity index (χ3n) is 2.46. The Bertz CT molecular complexity index is 300. The van der Waals surface area contributed by atoms with Crippen LogP contribution in [0.2, 0.25) is 0 Å². The molecule has 1 saturated heterocycles. The van der Waals surface area contributed by atoms with E-state index in [1.807, 2.05) is 11.3 Å². The molecule has 2 heterocycles. The first kappa shape index (κ1) is 10.6. The summed E-state index contributed by atoms with van der Waals surface area (Å²) in [6, 6.07) is 4.97. The Balaban J connectivity index is 1.90. The number of nitrogens with zero attached hydrogens (tertiary/aromatic N) is 1. The summed E-state index contributed by atoms with van der Waals surface area (Å²) < 4.78 is 1.23. The number of piperazine rings is 1. The van der Waals surface area contributed by atoms with Gasteiger partial charge in [0.15, 0.2) is 0 Å². The fraction of sp³-hybridized carbons (Fsp3) is 0.600. The van der Waals surface area contributed by atoms with Gasteiger partial charge in [-0.05, 0) is 35.0 Å². The van der Waals surface area contributed by atoms with Crippen molar-refractivity contribution in [1.29, 1.82) is 0 Å². The van der Waals surface area contributed by atoms with Crippen LogP contribution in [-0.2, 0) is 6.54 Å². The smallest absolute Gasteiger partial charge is 0.0701 e. The van der Waals surface area contributed by atoms with Crippen LogP contribution in [0.15, 0.2) is 15.9 Å². The molecule has 1 aromatic heterocycles. The van der Waals surface area contributed by atoms with Gasteiger partial charge in [0.2, 0.25) is 0 Å². The SMILES string of the molecule is CC1CN(Cc2ccc(Br)s2)CCN1. The second kappa shape index (κ2) is 4.75. The van der Waals surface area contributed by atoms with Crippen LogP contribution in [0.3, 0.4) is 0 Å². The Morgan fingerprint density at radius 3 is 3.14 bits per heavy atom. The fourth-order valence-electron chi connectivity index (χ4n) is 1.81. The summed E-state index contributed by atoms with van der Waals surface area (Å²) in [5, 5.41) is 3.46. The lowest BCUT2D eigenvalue weighted by Crippen LogP contribution is -2.48. The molecular weight excluding hydrogens is 260 g/mol. The molecule has 4 heteroatoms. The quantitative estimate of drug-likeness (QED) is 0.891. The third-order valence-corrected chi connectivity index (χ3v) is 4.07. The summed E-state index contributed by atoms with van der Waals surface area (Å²) in [4.78, 5) is 3.96. The highest BCUT2D eigenvalue weighted by Gasteiger charge is 2.15. The van der Waals surface area contributed by atoms with E-state index in [9.17, 15) is 0 Å². The molecule has 78 valence electrons. The Morgan fingerprint density at radius 2 is 2.50 bits per heavy atom. The van der Waals surface area contributed by atoms with E-state index < -0.39 is 0 Å². The standard InChI is InChI=1S/C10H15BrN2S/c1-8-6-13(5-4-12-8)7-9-2-3-10(11)14-9/h2-3,8,12H,4-7H2,1H3. The maximum Gasteiger partial charge on any atom is 0.0701 e. The Hall–Kier alpha value is 0.1000. The first-order valence-corrected chi connectivity index (χ1v) is 6.55. The molecule has 2 nitrogen and oxygen atoms in total. The highest BCUT2D eigenvalue weighted by atomic mass is 79.9. The maximum atomic E-state index is 3.50. The van der Waals surface area contributed by atoms with Gasteiger partial charge in [-0.2, -0.15) is 0 Å². The lowest BCUT2D eigenvalue weighted by molar-refractivity contribution is 0.201. The average Bonchev–Trinajstić information content (AvgIpc) is 2.51. The molecule has 1 N–H and O–H groups in total. The van der Waals surface area contributed by atoms with E-state index in [2.05, 4.69) is 45.2 Å². The van der Waals surface area contributed by atoms with E-state index in [-0.39, 0.29) is 0 Å². The predicted octanol–water partition coefficient (Wildman–Crippen LogP) is 2.30. The molecule has 0 spiro atoms. The number of nitrogens with one attached hydrogen (secondary N) is 1. The van der Waals surface area contributed by atoms with Crippen LogP contribution in [0, 0.1) is 0 Å². The van der Waals surface area contributed by atoms with Gasteiger partial charge in [-0.25, -0.2) is 0 Å². The van der Waals surface area contributed by atoms with Gasteiger partial charge in [-0.1, -0.05) is 0 Å². The van der Waals surface area contributed by atoms with E-state index in [1.54, 1.807) is 0 Å². The van der Waals surface area contributed by atoms with Crippen LogP contribution in [0.1, 0.15) is 11.8 Å². The normalized spacial score (nSPS) is 24.0. The highest BCUT2D eigenvalue weighted by Crippen LogP contribution is 2.23. The number of thiophene rings is 1. The number of hydrogen-bond acceptors (Lipinski definition) is 3. The molecule has 0 radical (unpaired) electrons. The van der Waals surface area contributed by atoms with Crippen LogP contribution >= 0.6 is 27.3 Å². The zero-order valence-electron chi connectivity index (χ0n) is 8.29. The summed E-state index contributed by atoms with van der Waals surface area (Å²) in [7, 11) is 0. The van der Waals surface area contributed by atoms with Crippen molar-refractivity contribution in [3.05, 3.63) is 20.8 Å². The van der Waals surface area contributed by atoms with Crippen molar-refractivity contribution in [3.8, 4) is 0 Å². The topological polar surface area (TPSA) is 15.3 Å². The van der Waals surface area contributed by atoms with Crippen molar-refractivity contribution in [1.82, 2.24) is 10.2 Å². The van der Waals surface area contributed by atoms with Crippen LogP contribution in [0.5, 0.6) is 0 Å². The summed E-state index contributed by atoms with van der Waals surface area (Å²) >= 11 is 5.33. The Kier molecular flexibility index (Phi) is 3.60. The number of halogens is 1. The van der Waals surface area contributed by atoms with Gasteiger partial charge in [0.05, 0.1) is 3.79 Å². The molecule has 1 fully saturated rings. The van der Waals surface area contributed by atoms with E-state index in [1.165, 1.54) is 15.2 Å². The second-order valence-corrected chi connectivity index (χ2v) is 6.34. The lowest BCUT2D eigenvalue weighted by atomic mass is 10.2. The summed E-state index contributed by atoms with van der Waals surface area (Å²) in [6.07, 6.45) is 0. The van der Waals surface area contributed by atoms with E-state index >= 15 is 0 Å². The minimum atomic E-state index is 0.632. The maximum absolute atomic E-state index is 3.50. The molecule has 1 aromatic rings. The number of rotatable bonds is 2. The van der Waals surface area contributed by atoms with Gasteiger partial charge < -0.3 is 5.32 Å². The van der Waals surface area contributed by atoms with Crippen molar-refractivity contribution >= 4 is 27.3 Å². The molecule has 0 saturated carbocycles. The molecule has 14 heavy (non-hydrogen) atoms.